The van der Waals surface area contributed by atoms with Gasteiger partial charge in [-0.05, 0) is 37.1 Å². The molecule has 6 nitrogen and oxygen atoms in total. The second kappa shape index (κ2) is 7.21. The van der Waals surface area contributed by atoms with E-state index in [2.05, 4.69) is 4.72 Å². The maximum atomic E-state index is 12.6. The summed E-state index contributed by atoms with van der Waals surface area (Å²) in [5.41, 5.74) is 0.360. The van der Waals surface area contributed by atoms with Crippen molar-refractivity contribution in [1.29, 1.82) is 5.26 Å². The highest BCUT2D eigenvalue weighted by molar-refractivity contribution is 7.90. The third-order valence-electron chi connectivity index (χ3n) is 4.77. The predicted octanol–water partition coefficient (Wildman–Crippen LogP) is 2.09. The molecule has 1 N–H and O–H groups in total. The Balaban J connectivity index is 1.70. The van der Waals surface area contributed by atoms with E-state index in [0.29, 0.717) is 29.8 Å². The van der Waals surface area contributed by atoms with Crippen molar-refractivity contribution in [2.24, 2.45) is 0 Å². The molecule has 1 aliphatic carbocycles. The van der Waals surface area contributed by atoms with E-state index in [1.807, 2.05) is 6.07 Å². The zero-order valence-corrected chi connectivity index (χ0v) is 15.0. The summed E-state index contributed by atoms with van der Waals surface area (Å²) in [6, 6.07) is 3.69. The average molecular weight is 367 g/mol. The minimum atomic E-state index is -3.42. The van der Waals surface area contributed by atoms with E-state index in [-0.39, 0.29) is 18.5 Å². The van der Waals surface area contributed by atoms with E-state index in [1.165, 1.54) is 11.3 Å². The number of nitriles is 1. The van der Waals surface area contributed by atoms with Crippen LogP contribution in [0.4, 0.5) is 0 Å². The molecule has 0 bridgehead atoms. The van der Waals surface area contributed by atoms with Crippen LogP contribution in [0.2, 0.25) is 0 Å². The van der Waals surface area contributed by atoms with Crippen LogP contribution in [0.15, 0.2) is 11.4 Å². The highest BCUT2D eigenvalue weighted by atomic mass is 32.2. The van der Waals surface area contributed by atoms with Crippen molar-refractivity contribution in [3.8, 4) is 6.07 Å². The molecule has 0 spiro atoms. The lowest BCUT2D eigenvalue weighted by Gasteiger charge is -2.33. The largest absolute Gasteiger partial charge is 0.337 e. The molecule has 2 aliphatic rings. The molecule has 0 radical (unpaired) electrons. The van der Waals surface area contributed by atoms with E-state index in [0.717, 1.165) is 25.7 Å². The lowest BCUT2D eigenvalue weighted by atomic mass is 10.1. The van der Waals surface area contributed by atoms with Crippen LogP contribution >= 0.6 is 11.3 Å². The molecule has 1 atom stereocenters. The Morgan fingerprint density at radius 3 is 2.75 bits per heavy atom. The van der Waals surface area contributed by atoms with Gasteiger partial charge in [0.05, 0.1) is 10.8 Å². The third kappa shape index (κ3) is 3.63. The van der Waals surface area contributed by atoms with Crippen molar-refractivity contribution in [3.63, 3.8) is 0 Å². The Morgan fingerprint density at radius 1 is 1.29 bits per heavy atom. The number of nitrogens with one attached hydrogen (secondary N) is 1. The molecule has 3 rings (SSSR count). The van der Waals surface area contributed by atoms with Gasteiger partial charge in [0.1, 0.15) is 10.9 Å². The quantitative estimate of drug-likeness (QED) is 0.882. The number of hydrogen-bond acceptors (Lipinski definition) is 5. The molecule has 2 fully saturated rings. The number of sulfonamides is 1. The molecule has 2 heterocycles. The molecule has 1 saturated carbocycles. The number of hydrogen-bond donors (Lipinski definition) is 1. The SMILES string of the molecule is N#Cc1ccsc1C(=O)N1CCCC(S(=O)(=O)NC2CCCC2)C1. The fourth-order valence-corrected chi connectivity index (χ4v) is 6.01. The number of nitrogens with zero attached hydrogens (tertiary/aromatic N) is 2. The van der Waals surface area contributed by atoms with Crippen LogP contribution in [0.3, 0.4) is 0 Å². The van der Waals surface area contributed by atoms with Gasteiger partial charge in [-0.3, -0.25) is 4.79 Å². The molecule has 1 aliphatic heterocycles. The maximum Gasteiger partial charge on any atom is 0.265 e. The Hall–Kier alpha value is -1.43. The summed E-state index contributed by atoms with van der Waals surface area (Å²) >= 11 is 1.23. The van der Waals surface area contributed by atoms with Crippen molar-refractivity contribution < 1.29 is 13.2 Å². The van der Waals surface area contributed by atoms with Crippen molar-refractivity contribution >= 4 is 27.3 Å². The zero-order valence-electron chi connectivity index (χ0n) is 13.4. The Labute approximate surface area is 146 Å². The van der Waals surface area contributed by atoms with Gasteiger partial charge in [0.2, 0.25) is 10.0 Å². The first-order valence-corrected chi connectivity index (χ1v) is 10.7. The van der Waals surface area contributed by atoms with E-state index >= 15 is 0 Å². The third-order valence-corrected chi connectivity index (χ3v) is 7.60. The lowest BCUT2D eigenvalue weighted by Crippen LogP contribution is -2.49. The summed E-state index contributed by atoms with van der Waals surface area (Å²) in [7, 11) is -3.42. The number of amides is 1. The molecule has 1 saturated heterocycles. The number of carbonyl (C=O) groups excluding carboxylic acids is 1. The number of thiophene rings is 1. The predicted molar refractivity (Wildman–Crippen MR) is 92.3 cm³/mol. The topological polar surface area (TPSA) is 90.3 Å². The van der Waals surface area contributed by atoms with Crippen LogP contribution in [0, 0.1) is 11.3 Å². The average Bonchev–Trinajstić information content (AvgIpc) is 3.25. The first-order chi connectivity index (χ1) is 11.5. The lowest BCUT2D eigenvalue weighted by molar-refractivity contribution is 0.0731. The first kappa shape index (κ1) is 17.4. The summed E-state index contributed by atoms with van der Waals surface area (Å²) in [5.74, 6) is -0.234. The van der Waals surface area contributed by atoms with Gasteiger partial charge in [0.25, 0.3) is 5.91 Å². The van der Waals surface area contributed by atoms with E-state index in [4.69, 9.17) is 5.26 Å². The molecule has 1 aromatic rings. The van der Waals surface area contributed by atoms with Crippen LogP contribution in [0.1, 0.15) is 53.8 Å². The maximum absolute atomic E-state index is 12.6. The first-order valence-electron chi connectivity index (χ1n) is 8.29. The minimum absolute atomic E-state index is 0.0450. The summed E-state index contributed by atoms with van der Waals surface area (Å²) in [6.07, 6.45) is 5.16. The monoisotopic (exact) mass is 367 g/mol. The molecule has 24 heavy (non-hydrogen) atoms. The smallest absolute Gasteiger partial charge is 0.265 e. The standard InChI is InChI=1S/C16H21N3O3S2/c17-10-12-7-9-23-15(12)16(20)19-8-3-6-14(11-19)24(21,22)18-13-4-1-2-5-13/h7,9,13-14,18H,1-6,8,11H2. The Morgan fingerprint density at radius 2 is 2.04 bits per heavy atom. The van der Waals surface area contributed by atoms with Gasteiger partial charge in [-0.2, -0.15) is 5.26 Å². The van der Waals surface area contributed by atoms with Crippen LogP contribution in [0.5, 0.6) is 0 Å². The second-order valence-corrected chi connectivity index (χ2v) is 9.34. The van der Waals surface area contributed by atoms with E-state index in [1.54, 1.807) is 16.3 Å². The van der Waals surface area contributed by atoms with Gasteiger partial charge in [-0.1, -0.05) is 12.8 Å². The minimum Gasteiger partial charge on any atom is -0.337 e. The molecule has 1 unspecified atom stereocenters. The van der Waals surface area contributed by atoms with Crippen molar-refractivity contribution in [2.45, 2.75) is 49.8 Å². The van der Waals surface area contributed by atoms with Gasteiger partial charge in [-0.25, -0.2) is 13.1 Å². The van der Waals surface area contributed by atoms with Gasteiger partial charge >= 0.3 is 0 Å². The van der Waals surface area contributed by atoms with Crippen molar-refractivity contribution in [1.82, 2.24) is 9.62 Å². The summed E-state index contributed by atoms with van der Waals surface area (Å²) in [6.45, 7) is 0.737. The highest BCUT2D eigenvalue weighted by Crippen LogP contribution is 2.24. The van der Waals surface area contributed by atoms with Crippen LogP contribution in [0.25, 0.3) is 0 Å². The molecule has 1 amide bonds. The van der Waals surface area contributed by atoms with E-state index in [9.17, 15) is 13.2 Å². The van der Waals surface area contributed by atoms with Crippen LogP contribution in [-0.4, -0.2) is 43.6 Å². The fourth-order valence-electron chi connectivity index (χ4n) is 3.45. The summed E-state index contributed by atoms with van der Waals surface area (Å²) < 4.78 is 28.1. The summed E-state index contributed by atoms with van der Waals surface area (Å²) in [5, 5.41) is 10.2. The molecule has 130 valence electrons. The number of carbonyl (C=O) groups is 1. The fraction of sp³-hybridized carbons (Fsp3) is 0.625. The number of rotatable bonds is 4. The number of likely N-dealkylation sites (tertiary alicyclic amines) is 1. The van der Waals surface area contributed by atoms with Gasteiger partial charge in [-0.15, -0.1) is 11.3 Å². The highest BCUT2D eigenvalue weighted by Gasteiger charge is 2.35. The van der Waals surface area contributed by atoms with Gasteiger partial charge in [0.15, 0.2) is 0 Å². The van der Waals surface area contributed by atoms with Crippen molar-refractivity contribution in [3.05, 3.63) is 21.9 Å². The second-order valence-electron chi connectivity index (χ2n) is 6.43. The van der Waals surface area contributed by atoms with E-state index < -0.39 is 15.3 Å². The zero-order chi connectivity index (χ0) is 17.2. The van der Waals surface area contributed by atoms with Crippen LogP contribution in [-0.2, 0) is 10.0 Å². The summed E-state index contributed by atoms with van der Waals surface area (Å²) in [4.78, 5) is 14.6. The molecule has 8 heteroatoms. The molecular formula is C16H21N3O3S2. The van der Waals surface area contributed by atoms with Crippen molar-refractivity contribution in [2.75, 3.05) is 13.1 Å². The Kier molecular flexibility index (Phi) is 5.23. The normalized spacial score (nSPS) is 22.5. The molecular weight excluding hydrogens is 346 g/mol. The Bertz CT molecular complexity index is 745. The van der Waals surface area contributed by atoms with Crippen LogP contribution < -0.4 is 4.72 Å². The molecule has 0 aromatic carbocycles. The molecule has 1 aromatic heterocycles. The van der Waals surface area contributed by atoms with Gasteiger partial charge in [0, 0.05) is 19.1 Å². The van der Waals surface area contributed by atoms with Gasteiger partial charge < -0.3 is 4.90 Å². The number of piperidine rings is 1.